The molecule has 0 aliphatic heterocycles. The predicted molar refractivity (Wildman–Crippen MR) is 249 cm³/mol. The fraction of sp³-hybridized carbons (Fsp3) is 0.0667. The van der Waals surface area contributed by atoms with Crippen LogP contribution in [-0.4, -0.2) is 95.3 Å². The van der Waals surface area contributed by atoms with Crippen molar-refractivity contribution in [1.29, 1.82) is 0 Å². The summed E-state index contributed by atoms with van der Waals surface area (Å²) in [6.45, 7) is 0. The third-order valence-electron chi connectivity index (χ3n) is 9.60. The molecule has 32 heteroatoms. The van der Waals surface area contributed by atoms with Gasteiger partial charge in [0.25, 0.3) is 0 Å². The van der Waals surface area contributed by atoms with Crippen molar-refractivity contribution >= 4 is 118 Å². The van der Waals surface area contributed by atoms with Crippen LogP contribution in [0.1, 0.15) is 0 Å². The maximum atomic E-state index is 13.6. The van der Waals surface area contributed by atoms with E-state index in [1.54, 1.807) is 49.3 Å². The fourth-order valence-electron chi connectivity index (χ4n) is 6.36. The van der Waals surface area contributed by atoms with Gasteiger partial charge in [0.15, 0.2) is 42.0 Å². The molecule has 0 unspecified atom stereocenters. The first-order chi connectivity index (χ1) is 35.4. The van der Waals surface area contributed by atoms with Crippen molar-refractivity contribution in [2.24, 2.45) is 0 Å². The molecule has 0 atom stereocenters. The van der Waals surface area contributed by atoms with E-state index in [9.17, 15) is 48.3 Å². The zero-order valence-electron chi connectivity index (χ0n) is 37.4. The fourth-order valence-corrected chi connectivity index (χ4v) is 6.36. The summed E-state index contributed by atoms with van der Waals surface area (Å²) < 4.78 is 204. The molecule has 0 aliphatic rings. The van der Waals surface area contributed by atoms with Gasteiger partial charge in [-0.25, -0.2) is 44.0 Å². The average Bonchev–Trinajstić information content (AvgIpc) is 3.35. The third-order valence-corrected chi connectivity index (χ3v) is 11.3. The van der Waals surface area contributed by atoms with Crippen LogP contribution in [0, 0.1) is 11.6 Å². The van der Waals surface area contributed by atoms with E-state index in [1.807, 2.05) is 36.4 Å². The maximum absolute atomic E-state index is 13.6. The summed E-state index contributed by atoms with van der Waals surface area (Å²) in [5.41, 5.74) is -9.83. The number of nitrogens with zero attached hydrogens (tertiary/aromatic N) is 8. The second-order valence-corrected chi connectivity index (χ2v) is 18.7. The van der Waals surface area contributed by atoms with Gasteiger partial charge in [0.05, 0.1) is 55.2 Å². The van der Waals surface area contributed by atoms with Crippen LogP contribution in [0.4, 0.5) is 48.3 Å². The maximum Gasteiger partial charge on any atom is 3.00 e. The molecular weight excluding hydrogens is 1150 g/mol. The van der Waals surface area contributed by atoms with Crippen molar-refractivity contribution < 1.29 is 105 Å². The largest absolute Gasteiger partial charge is 3.00 e. The number of benzene rings is 4. The smallest absolute Gasteiger partial charge is 0.741 e. The van der Waals surface area contributed by atoms with Crippen LogP contribution in [0.2, 0.25) is 0 Å². The first-order valence-corrected chi connectivity index (χ1v) is 24.4. The Morgan fingerprint density at radius 1 is 0.338 bits per heavy atom. The Hall–Kier alpha value is -7.57. The number of pyridine rings is 6. The monoisotopic (exact) mass is 1180 g/mol. The summed E-state index contributed by atoms with van der Waals surface area (Å²) in [7, 11) is -18.3. The van der Waals surface area contributed by atoms with Gasteiger partial charge in [0, 0.05) is 81.6 Å². The van der Waals surface area contributed by atoms with Crippen LogP contribution in [0.3, 0.4) is 0 Å². The van der Waals surface area contributed by atoms with E-state index in [4.69, 9.17) is 38.9 Å². The summed E-state index contributed by atoms with van der Waals surface area (Å²) in [6, 6.07) is 33.7. The minimum atomic E-state index is -6.09. The molecule has 0 saturated carbocycles. The van der Waals surface area contributed by atoms with Crippen LogP contribution >= 0.6 is 0 Å². The number of hydrogen-bond donors (Lipinski definition) is 0. The van der Waals surface area contributed by atoms with Crippen molar-refractivity contribution in [3.63, 3.8) is 0 Å². The summed E-state index contributed by atoms with van der Waals surface area (Å²) in [4.78, 5) is 35.2. The van der Waals surface area contributed by atoms with Crippen LogP contribution in [0.15, 0.2) is 146 Å². The predicted octanol–water partition coefficient (Wildman–Crippen LogP) is 9.88. The zero-order chi connectivity index (χ0) is 56.0. The molecule has 0 bridgehead atoms. The molecule has 0 amide bonds. The first kappa shape index (κ1) is 60.3. The molecular formula is C45H24CrF11N8O9S3. The van der Waals surface area contributed by atoms with Gasteiger partial charge in [-0.15, -0.1) is 0 Å². The van der Waals surface area contributed by atoms with Crippen LogP contribution < -0.4 is 0 Å². The van der Waals surface area contributed by atoms with Crippen molar-refractivity contribution in [2.75, 3.05) is 0 Å². The topological polar surface area (TPSA) is 275 Å². The van der Waals surface area contributed by atoms with Crippen LogP contribution in [-0.2, 0) is 47.7 Å². The molecule has 11 rings (SSSR count). The molecule has 4 aromatic carbocycles. The van der Waals surface area contributed by atoms with E-state index >= 15 is 0 Å². The molecule has 0 N–H and O–H groups in total. The minimum absolute atomic E-state index is 0. The molecule has 0 aliphatic carbocycles. The molecule has 11 aromatic rings. The average molecular weight is 1180 g/mol. The molecule has 17 nitrogen and oxygen atoms in total. The Kier molecular flexibility index (Phi) is 18.6. The van der Waals surface area contributed by atoms with Gasteiger partial charge < -0.3 is 13.7 Å². The van der Waals surface area contributed by atoms with Crippen LogP contribution in [0.5, 0.6) is 0 Å². The Bertz CT molecular complexity index is 3890. The van der Waals surface area contributed by atoms with Gasteiger partial charge in [0.1, 0.15) is 0 Å². The zero-order valence-corrected chi connectivity index (χ0v) is 41.1. The summed E-state index contributed by atoms with van der Waals surface area (Å²) in [6.07, 6.45) is 10.6. The summed E-state index contributed by atoms with van der Waals surface area (Å²) in [5, 5.41) is 6.10. The minimum Gasteiger partial charge on any atom is -0.741 e. The Morgan fingerprint density at radius 2 is 0.545 bits per heavy atom. The Balaban J connectivity index is 0.000000181. The van der Waals surface area contributed by atoms with E-state index < -0.39 is 58.5 Å². The molecule has 1 radical (unpaired) electrons. The van der Waals surface area contributed by atoms with E-state index in [1.165, 1.54) is 0 Å². The second-order valence-electron chi connectivity index (χ2n) is 14.6. The number of aromatic nitrogens is 8. The molecule has 0 saturated heterocycles. The Morgan fingerprint density at radius 3 is 0.766 bits per heavy atom. The van der Waals surface area contributed by atoms with E-state index in [-0.39, 0.29) is 17.4 Å². The number of rotatable bonds is 0. The second kappa shape index (κ2) is 23.8. The molecule has 0 spiro atoms. The molecule has 0 fully saturated rings. The van der Waals surface area contributed by atoms with Gasteiger partial charge in [-0.1, -0.05) is 48.5 Å². The number of halogens is 11. The molecule has 7 heterocycles. The molecule has 399 valence electrons. The Labute approximate surface area is 434 Å². The van der Waals surface area contributed by atoms with E-state index in [0.717, 1.165) is 66.5 Å². The molecule has 77 heavy (non-hydrogen) atoms. The normalized spacial score (nSPS) is 12.0. The first-order valence-electron chi connectivity index (χ1n) is 20.2. The van der Waals surface area contributed by atoms with Gasteiger partial charge >= 0.3 is 33.9 Å². The SMILES string of the molecule is Fc1cc2nc3c4cccnc4c4ncccc4c3nc2cc1F.O=S(=O)([O-])C(F)(F)F.O=S(=O)([O-])C(F)(F)F.O=S(=O)([O-])C(F)(F)F.[Cr+3].c1cnc2c(c1)ccc1cccnc12.c1cnc2c(c1)ccc1cccnc12. The van der Waals surface area contributed by atoms with Gasteiger partial charge in [0.2, 0.25) is 0 Å². The van der Waals surface area contributed by atoms with Crippen LogP contribution in [0.25, 0.3) is 87.5 Å². The van der Waals surface area contributed by atoms with Crippen molar-refractivity contribution in [3.8, 4) is 0 Å². The summed E-state index contributed by atoms with van der Waals surface area (Å²) in [5.74, 6) is -1.89. The van der Waals surface area contributed by atoms with Gasteiger partial charge in [-0.05, 0) is 48.5 Å². The van der Waals surface area contributed by atoms with E-state index in [2.05, 4.69) is 88.4 Å². The molecule has 7 aromatic heterocycles. The quantitative estimate of drug-likeness (QED) is 0.0449. The van der Waals surface area contributed by atoms with Crippen molar-refractivity contribution in [1.82, 2.24) is 39.9 Å². The number of fused-ring (bicyclic) bond motifs is 13. The van der Waals surface area contributed by atoms with Gasteiger partial charge in [-0.2, -0.15) is 39.5 Å². The van der Waals surface area contributed by atoms with Gasteiger partial charge in [-0.3, -0.25) is 29.9 Å². The van der Waals surface area contributed by atoms with E-state index in [0.29, 0.717) is 33.1 Å². The third kappa shape index (κ3) is 14.7. The van der Waals surface area contributed by atoms with Crippen molar-refractivity contribution in [2.45, 2.75) is 16.5 Å². The number of alkyl halides is 9. The standard InChI is InChI=1S/C18H8F2N4.2C12H8N2.3CHF3O3S.Cr/c19-11-7-13-14(8-12(11)20)24-18-10-4-2-6-22-16(10)15-9(17(18)23-13)3-1-5-21-15;2*1-3-9-5-6-10-4-2-8-14-12(10)11(9)13-7-1;3*2-1(3,4)8(5,6)7;/h1-8H;2*1-8H;3*(H,5,6,7);/q;;;;;;+3/p-3. The van der Waals surface area contributed by atoms with Crippen molar-refractivity contribution in [3.05, 3.63) is 158 Å². The summed E-state index contributed by atoms with van der Waals surface area (Å²) >= 11 is 0. The number of hydrogen-bond acceptors (Lipinski definition) is 17.